The molecule has 2 N–H and O–H groups in total. The van der Waals surface area contributed by atoms with Crippen LogP contribution in [0.4, 0.5) is 0 Å². The molecule has 0 spiro atoms. The number of nitrogens with one attached hydrogen (secondary N) is 1. The van der Waals surface area contributed by atoms with E-state index in [0.717, 1.165) is 64.6 Å². The number of aliphatic carboxylic acids is 1. The number of carboxylic acid groups (broad SMARTS) is 1. The van der Waals surface area contributed by atoms with Crippen molar-refractivity contribution in [3.05, 3.63) is 23.3 Å². The van der Waals surface area contributed by atoms with E-state index in [1.54, 1.807) is 6.33 Å². The third-order valence-corrected chi connectivity index (χ3v) is 16.7. The van der Waals surface area contributed by atoms with Gasteiger partial charge in [-0.2, -0.15) is 5.10 Å². The first kappa shape index (κ1) is 35.9. The average molecular weight is 701 g/mol. The zero-order valence-electron chi connectivity index (χ0n) is 31.2. The fourth-order valence-electron chi connectivity index (χ4n) is 13.1. The monoisotopic (exact) mass is 700 g/mol. The van der Waals surface area contributed by atoms with Crippen molar-refractivity contribution < 1.29 is 24.1 Å². The summed E-state index contributed by atoms with van der Waals surface area (Å²) in [5.74, 6) is 0.379. The lowest BCUT2D eigenvalue weighted by Gasteiger charge is -2.71. The number of nitrogens with zero attached hydrogens (tertiary/aromatic N) is 3. The summed E-state index contributed by atoms with van der Waals surface area (Å²) in [6.07, 6.45) is 11.4. The van der Waals surface area contributed by atoms with E-state index in [9.17, 15) is 9.90 Å². The van der Waals surface area contributed by atoms with E-state index < -0.39 is 11.9 Å². The number of carboxylic acids is 1. The van der Waals surface area contributed by atoms with Gasteiger partial charge in [0.05, 0.1) is 37.9 Å². The van der Waals surface area contributed by atoms with Gasteiger partial charge in [0.1, 0.15) is 6.33 Å². The minimum atomic E-state index is -0.622. The van der Waals surface area contributed by atoms with Crippen LogP contribution in [0.2, 0.25) is 5.28 Å². The maximum Gasteiger partial charge on any atom is 0.307 e. The summed E-state index contributed by atoms with van der Waals surface area (Å²) in [5, 5.41) is 19.8. The molecule has 49 heavy (non-hydrogen) atoms. The van der Waals surface area contributed by atoms with Crippen molar-refractivity contribution in [2.24, 2.45) is 56.7 Å². The van der Waals surface area contributed by atoms with Gasteiger partial charge < -0.3 is 24.6 Å². The number of aromatic nitrogens is 3. The Morgan fingerprint density at radius 1 is 1.08 bits per heavy atom. The van der Waals surface area contributed by atoms with Gasteiger partial charge in [0, 0.05) is 29.6 Å². The molecule has 0 aromatic carbocycles. The molecule has 3 heterocycles. The molecule has 6 aliphatic rings. The van der Waals surface area contributed by atoms with Crippen molar-refractivity contribution in [1.29, 1.82) is 0 Å². The number of halogens is 1. The molecule has 2 saturated heterocycles. The quantitative estimate of drug-likeness (QED) is 0.274. The van der Waals surface area contributed by atoms with Gasteiger partial charge in [0.25, 0.3) is 0 Å². The number of hydrogen-bond donors (Lipinski definition) is 2. The number of hydrogen-bond acceptors (Lipinski definition) is 7. The molecule has 1 aromatic rings. The highest BCUT2D eigenvalue weighted by Crippen LogP contribution is 2.75. The Morgan fingerprint density at radius 2 is 1.82 bits per heavy atom. The maximum atomic E-state index is 13.5. The SMILES string of the molecule is CNC1(CO[C@H]2[C@H](n3ncnc3Cl)CC34COC[C@@]2(C)[C@@H]3CC[C@H]2C4=CC[C@@]3(C)[C@H](C(=O)O)[C@@](C)([C@H](C)C(C)C)CC[C@]23C)CCOCC1. The molecule has 5 fully saturated rings. The van der Waals surface area contributed by atoms with E-state index in [2.05, 4.69) is 64.8 Å². The second-order valence-electron chi connectivity index (χ2n) is 18.5. The molecule has 2 aliphatic heterocycles. The van der Waals surface area contributed by atoms with Crippen LogP contribution in [0.15, 0.2) is 18.0 Å². The molecule has 3 saturated carbocycles. The molecule has 2 bridgehead atoms. The van der Waals surface area contributed by atoms with Crippen LogP contribution in [0.1, 0.15) is 106 Å². The van der Waals surface area contributed by atoms with Crippen molar-refractivity contribution in [3.8, 4) is 0 Å². The molecule has 274 valence electrons. The lowest BCUT2D eigenvalue weighted by molar-refractivity contribution is -0.253. The Bertz CT molecular complexity index is 1460. The van der Waals surface area contributed by atoms with Crippen LogP contribution in [-0.4, -0.2) is 77.6 Å². The van der Waals surface area contributed by atoms with E-state index in [1.165, 1.54) is 5.57 Å². The summed E-state index contributed by atoms with van der Waals surface area (Å²) in [6, 6.07) is -0.108. The fraction of sp³-hybridized carbons (Fsp3) is 0.872. The number of rotatable bonds is 8. The first-order valence-electron chi connectivity index (χ1n) is 19.1. The van der Waals surface area contributed by atoms with Gasteiger partial charge >= 0.3 is 5.97 Å². The molecule has 0 amide bonds. The number of carbonyl (C=O) groups is 1. The van der Waals surface area contributed by atoms with Gasteiger partial charge in [-0.05, 0) is 110 Å². The molecule has 4 aliphatic carbocycles. The van der Waals surface area contributed by atoms with E-state index >= 15 is 0 Å². The third kappa shape index (κ3) is 5.01. The Balaban J connectivity index is 1.30. The molecule has 11 atom stereocenters. The van der Waals surface area contributed by atoms with Crippen molar-refractivity contribution in [2.75, 3.05) is 40.1 Å². The highest BCUT2D eigenvalue weighted by Gasteiger charge is 2.72. The predicted octanol–water partition coefficient (Wildman–Crippen LogP) is 7.21. The van der Waals surface area contributed by atoms with Gasteiger partial charge in [0.2, 0.25) is 5.28 Å². The van der Waals surface area contributed by atoms with E-state index in [1.807, 2.05) is 11.7 Å². The summed E-state index contributed by atoms with van der Waals surface area (Å²) in [7, 11) is 2.04. The Kier molecular flexibility index (Phi) is 8.99. The number of allylic oxidation sites excluding steroid dienone is 1. The molecule has 10 heteroatoms. The van der Waals surface area contributed by atoms with Gasteiger partial charge in [-0.1, -0.05) is 60.1 Å². The minimum Gasteiger partial charge on any atom is -0.481 e. The average Bonchev–Trinajstić information content (AvgIpc) is 3.49. The minimum absolute atomic E-state index is 0.108. The lowest BCUT2D eigenvalue weighted by Crippen LogP contribution is -2.69. The molecule has 1 unspecified atom stereocenters. The van der Waals surface area contributed by atoms with Gasteiger partial charge in [-0.3, -0.25) is 4.79 Å². The highest BCUT2D eigenvalue weighted by molar-refractivity contribution is 6.28. The summed E-state index contributed by atoms with van der Waals surface area (Å²) < 4.78 is 21.6. The van der Waals surface area contributed by atoms with Crippen molar-refractivity contribution >= 4 is 17.6 Å². The Hall–Kier alpha value is -1.52. The van der Waals surface area contributed by atoms with Gasteiger partial charge in [0.15, 0.2) is 0 Å². The van der Waals surface area contributed by atoms with Crippen molar-refractivity contribution in [3.63, 3.8) is 0 Å². The zero-order chi connectivity index (χ0) is 35.2. The normalized spacial score (nSPS) is 45.1. The molecule has 7 rings (SSSR count). The lowest BCUT2D eigenvalue weighted by atomic mass is 9.34. The van der Waals surface area contributed by atoms with Crippen LogP contribution in [0.25, 0.3) is 0 Å². The van der Waals surface area contributed by atoms with Crippen LogP contribution >= 0.6 is 11.6 Å². The zero-order valence-corrected chi connectivity index (χ0v) is 31.9. The third-order valence-electron chi connectivity index (χ3n) is 16.5. The van der Waals surface area contributed by atoms with E-state index in [-0.39, 0.29) is 44.8 Å². The predicted molar refractivity (Wildman–Crippen MR) is 189 cm³/mol. The number of likely N-dealkylation sites (N-methyl/N-ethyl adjacent to an activating group) is 1. The second-order valence-corrected chi connectivity index (χ2v) is 18.8. The fourth-order valence-corrected chi connectivity index (χ4v) is 13.3. The summed E-state index contributed by atoms with van der Waals surface area (Å²) in [4.78, 5) is 17.8. The van der Waals surface area contributed by atoms with E-state index in [4.69, 9.17) is 30.9 Å². The molecular formula is C39H61ClN4O5. The van der Waals surface area contributed by atoms with Crippen LogP contribution in [0, 0.1) is 56.7 Å². The Morgan fingerprint density at radius 3 is 2.45 bits per heavy atom. The van der Waals surface area contributed by atoms with Crippen LogP contribution in [0.3, 0.4) is 0 Å². The largest absolute Gasteiger partial charge is 0.481 e. The summed E-state index contributed by atoms with van der Waals surface area (Å²) in [5.41, 5.74) is 0.138. The molecular weight excluding hydrogens is 640 g/mol. The van der Waals surface area contributed by atoms with Crippen LogP contribution in [-0.2, 0) is 19.0 Å². The number of fused-ring (bicyclic) bond motifs is 3. The first-order valence-corrected chi connectivity index (χ1v) is 19.4. The summed E-state index contributed by atoms with van der Waals surface area (Å²) in [6.45, 7) is 19.6. The molecule has 0 radical (unpaired) electrons. The molecule has 1 aromatic heterocycles. The maximum absolute atomic E-state index is 13.5. The first-order chi connectivity index (χ1) is 23.1. The highest BCUT2D eigenvalue weighted by atomic mass is 35.5. The molecule has 9 nitrogen and oxygen atoms in total. The smallest absolute Gasteiger partial charge is 0.307 e. The van der Waals surface area contributed by atoms with Gasteiger partial charge in [-0.15, -0.1) is 0 Å². The van der Waals surface area contributed by atoms with Gasteiger partial charge in [-0.25, -0.2) is 9.67 Å². The summed E-state index contributed by atoms with van der Waals surface area (Å²) >= 11 is 6.81. The van der Waals surface area contributed by atoms with E-state index in [0.29, 0.717) is 48.8 Å². The Labute approximate surface area is 298 Å². The second kappa shape index (κ2) is 12.3. The van der Waals surface area contributed by atoms with Crippen molar-refractivity contribution in [2.45, 2.75) is 118 Å². The topological polar surface area (TPSA) is 108 Å². The standard InChI is InChI=1S/C39H61ClN4O5/c1-24(2)25(3)34(4)13-14-36(6)26-9-10-29-35(5)20-48-22-39(29,27(26)11-12-37(36,7)30(34)32(45)46)19-28(44-33(40)42-23-43-44)31(35)49-21-38(41-8)15-17-47-18-16-38/h11,23-26,28-31,41H,9-10,12-22H2,1-8H3,(H,45,46)/t25-,26+,28-,29+,30-,31+,34-,35+,36-,37+,39?/m1/s1. The van der Waals surface area contributed by atoms with Crippen LogP contribution in [0.5, 0.6) is 0 Å². The number of ether oxygens (including phenoxy) is 3. The van der Waals surface area contributed by atoms with Crippen LogP contribution < -0.4 is 5.32 Å². The van der Waals surface area contributed by atoms with Crippen molar-refractivity contribution in [1.82, 2.24) is 20.1 Å².